The molecule has 2 aromatic heterocycles. The molecule has 0 aromatic carbocycles. The number of rotatable bonds is 24. The van der Waals surface area contributed by atoms with Crippen LogP contribution in [0.3, 0.4) is 0 Å². The van der Waals surface area contributed by atoms with Gasteiger partial charge >= 0.3 is 15.6 Å². The van der Waals surface area contributed by atoms with E-state index in [1.807, 2.05) is 12.2 Å². The number of carbonyl (C=O) groups is 2. The van der Waals surface area contributed by atoms with Crippen LogP contribution in [0.15, 0.2) is 45.9 Å². The van der Waals surface area contributed by atoms with Crippen LogP contribution in [-0.2, 0) is 45.9 Å². The zero-order valence-corrected chi connectivity index (χ0v) is 47.4. The predicted octanol–water partition coefficient (Wildman–Crippen LogP) is 3.20. The number of ketones is 1. The molecule has 0 radical (unpaired) electrons. The van der Waals surface area contributed by atoms with E-state index in [0.29, 0.717) is 52.8 Å². The second-order valence-corrected chi connectivity index (χ2v) is 27.4. The normalized spacial score (nSPS) is 31.7. The van der Waals surface area contributed by atoms with Gasteiger partial charge in [0.15, 0.2) is 23.5 Å². The number of fused-ring (bicyclic) bond motifs is 6. The molecule has 430 valence electrons. The summed E-state index contributed by atoms with van der Waals surface area (Å²) < 4.78 is 62.0. The molecule has 25 nitrogen and oxygen atoms in total. The van der Waals surface area contributed by atoms with Gasteiger partial charge in [-0.05, 0) is 135 Å². The summed E-state index contributed by atoms with van der Waals surface area (Å²) in [5.74, 6) is 2.01. The van der Waals surface area contributed by atoms with Crippen LogP contribution in [-0.4, -0.2) is 119 Å². The summed E-state index contributed by atoms with van der Waals surface area (Å²) in [6, 6.07) is 0. The molecule has 14 atom stereocenters. The molecule has 4 aliphatic carbocycles. The maximum Gasteiger partial charge on any atom is 0.481 e. The third-order valence-corrected chi connectivity index (χ3v) is 20.8. The first-order valence-corrected chi connectivity index (χ1v) is 31.2. The molecule has 0 spiro atoms. The van der Waals surface area contributed by atoms with Gasteiger partial charge in [-0.3, -0.25) is 23.2 Å². The van der Waals surface area contributed by atoms with Crippen LogP contribution < -0.4 is 25.7 Å². The van der Waals surface area contributed by atoms with Crippen molar-refractivity contribution < 1.29 is 85.9 Å². The number of aliphatic hydroxyl groups is 2. The Bertz CT molecular complexity index is 2770. The first-order chi connectivity index (χ1) is 35.9. The predicted molar refractivity (Wildman–Crippen MR) is 274 cm³/mol. The van der Waals surface area contributed by atoms with Gasteiger partial charge in [-0.2, -0.15) is 4.31 Å². The molecule has 1 aliphatic heterocycles. The fourth-order valence-electron chi connectivity index (χ4n) is 12.7. The Kier molecular flexibility index (Phi) is 19.5. The molecule has 7 rings (SSSR count). The molecule has 29 heteroatoms. The lowest BCUT2D eigenvalue weighted by Crippen LogP contribution is -2.50. The van der Waals surface area contributed by atoms with Crippen LogP contribution in [0.2, 0.25) is 0 Å². The van der Waals surface area contributed by atoms with Crippen LogP contribution >= 0.6 is 35.2 Å². The van der Waals surface area contributed by atoms with Gasteiger partial charge in [-0.15, -0.1) is 0 Å². The second-order valence-electron chi connectivity index (χ2n) is 22.2. The van der Waals surface area contributed by atoms with E-state index in [9.17, 15) is 63.3 Å². The number of anilines is 1. The largest absolute Gasteiger partial charge is 0.862 e. The number of nitrogens with two attached hydrogens (primary N) is 1. The van der Waals surface area contributed by atoms with Gasteiger partial charge < -0.3 is 69.5 Å². The SMILES string of the molecule is CC(=CCC[C@@H](C)[C@H]1CC[C@H]2[C@@H]3CCC4=CC(=O)CC[C@]4(C)[C@H]3CC[C@]12C)C(=O)SCCN=C([O-])CCN=C([O-])[C@H](O)C(C)(C)COP(=O)(O)OP(=O)(O)OC[C@H]1O[C@@H](n2cnc3c(N)ncnc32)[C@H](O)[C@@H]1OP(=O)([O-])[O-]. The van der Waals surface area contributed by atoms with E-state index < -0.39 is 84.5 Å². The summed E-state index contributed by atoms with van der Waals surface area (Å²) in [5.41, 5.74) is 6.66. The van der Waals surface area contributed by atoms with Crippen molar-refractivity contribution in [2.45, 2.75) is 143 Å². The number of phosphoric ester groups is 3. The number of imidazole rings is 1. The lowest BCUT2D eigenvalue weighted by atomic mass is 9.46. The highest BCUT2D eigenvalue weighted by atomic mass is 32.2. The Morgan fingerprint density at radius 3 is 2.49 bits per heavy atom. The van der Waals surface area contributed by atoms with Gasteiger partial charge in [0.05, 0.1) is 33.5 Å². The molecule has 5 aliphatic rings. The minimum Gasteiger partial charge on any atom is -0.862 e. The van der Waals surface area contributed by atoms with Gasteiger partial charge in [0, 0.05) is 30.7 Å². The Morgan fingerprint density at radius 2 is 1.77 bits per heavy atom. The molecule has 4 fully saturated rings. The Hall–Kier alpha value is -3.29. The molecule has 3 saturated carbocycles. The summed E-state index contributed by atoms with van der Waals surface area (Å²) in [6.45, 7) is 9.12. The first kappa shape index (κ1) is 61.3. The zero-order valence-electron chi connectivity index (χ0n) is 43.9. The maximum atomic E-state index is 12.9. The lowest BCUT2D eigenvalue weighted by Gasteiger charge is -2.58. The molecule has 77 heavy (non-hydrogen) atoms. The summed E-state index contributed by atoms with van der Waals surface area (Å²) in [7, 11) is -17.0. The third kappa shape index (κ3) is 14.4. The smallest absolute Gasteiger partial charge is 0.481 e. The third-order valence-electron chi connectivity index (χ3n) is 16.7. The average molecular weight is 1160 g/mol. The van der Waals surface area contributed by atoms with Crippen molar-refractivity contribution in [1.29, 1.82) is 0 Å². The number of nitrogens with zero attached hydrogens (tertiary/aromatic N) is 6. The molecule has 6 N–H and O–H groups in total. The highest BCUT2D eigenvalue weighted by molar-refractivity contribution is 8.14. The van der Waals surface area contributed by atoms with Crippen LogP contribution in [0.25, 0.3) is 11.2 Å². The molecule has 0 amide bonds. The van der Waals surface area contributed by atoms with E-state index in [0.717, 1.165) is 54.7 Å². The van der Waals surface area contributed by atoms with Gasteiger partial charge in [-0.1, -0.05) is 58.0 Å². The molecule has 3 heterocycles. The Balaban J connectivity index is 0.800. The fourth-order valence-corrected chi connectivity index (χ4v) is 16.1. The van der Waals surface area contributed by atoms with Crippen LogP contribution in [0, 0.1) is 45.8 Å². The fraction of sp³-hybridized carbons (Fsp3) is 0.729. The van der Waals surface area contributed by atoms with E-state index >= 15 is 0 Å². The van der Waals surface area contributed by atoms with Crippen LogP contribution in [0.1, 0.15) is 118 Å². The molecule has 0 bridgehead atoms. The number of nitrogen functional groups attached to an aromatic ring is 1. The molecule has 2 unspecified atom stereocenters. The van der Waals surface area contributed by atoms with Crippen molar-refractivity contribution in [3.8, 4) is 0 Å². The Morgan fingerprint density at radius 1 is 1.04 bits per heavy atom. The van der Waals surface area contributed by atoms with E-state index in [1.165, 1.54) is 51.5 Å². The summed E-state index contributed by atoms with van der Waals surface area (Å²) in [4.78, 5) is 88.2. The molecular weight excluding hydrogens is 1090 g/mol. The summed E-state index contributed by atoms with van der Waals surface area (Å²) in [5, 5.41) is 46.7. The second kappa shape index (κ2) is 24.4. The van der Waals surface area contributed by atoms with Crippen molar-refractivity contribution in [2.24, 2.45) is 55.8 Å². The van der Waals surface area contributed by atoms with E-state index in [-0.39, 0.29) is 52.8 Å². The van der Waals surface area contributed by atoms with Crippen molar-refractivity contribution in [3.63, 3.8) is 0 Å². The number of allylic oxidation sites excluding steroid dienone is 2. The van der Waals surface area contributed by atoms with Gasteiger partial charge in [-0.25, -0.2) is 24.1 Å². The highest BCUT2D eigenvalue weighted by Crippen LogP contribution is 2.68. The minimum atomic E-state index is -5.84. The van der Waals surface area contributed by atoms with Gasteiger partial charge in [0.2, 0.25) is 5.12 Å². The van der Waals surface area contributed by atoms with Crippen molar-refractivity contribution in [1.82, 2.24) is 19.5 Å². The monoisotopic (exact) mass is 1160 g/mol. The number of carbonyl (C=O) groups excluding carboxylic acids is 2. The quantitative estimate of drug-likeness (QED) is 0.0331. The highest BCUT2D eigenvalue weighted by Gasteiger charge is 2.59. The molecular formula is C48H70N7O18P3S-4. The number of ether oxygens (including phenoxy) is 1. The zero-order chi connectivity index (χ0) is 56.5. The average Bonchev–Trinajstić information content (AvgIpc) is 4.21. The summed E-state index contributed by atoms with van der Waals surface area (Å²) >= 11 is 1.06. The topological polar surface area (TPSA) is 399 Å². The van der Waals surface area contributed by atoms with E-state index in [4.69, 9.17) is 19.5 Å². The van der Waals surface area contributed by atoms with Crippen LogP contribution in [0.4, 0.5) is 5.82 Å². The number of aliphatic imine (C=N–C) groups is 2. The molecule has 2 aromatic rings. The van der Waals surface area contributed by atoms with E-state index in [2.05, 4.69) is 54.5 Å². The minimum absolute atomic E-state index is 0.00454. The van der Waals surface area contributed by atoms with Crippen molar-refractivity contribution >= 4 is 74.9 Å². The number of aliphatic hydroxyl groups excluding tert-OH is 2. The lowest BCUT2D eigenvalue weighted by molar-refractivity contribution is -0.347. The number of hydrogen-bond donors (Lipinski definition) is 5. The number of thioether (sulfide) groups is 1. The first-order valence-electron chi connectivity index (χ1n) is 25.8. The van der Waals surface area contributed by atoms with Crippen molar-refractivity contribution in [3.05, 3.63) is 36.0 Å². The van der Waals surface area contributed by atoms with Crippen molar-refractivity contribution in [2.75, 3.05) is 37.8 Å². The summed E-state index contributed by atoms with van der Waals surface area (Å²) in [6.07, 6.45) is 7.06. The maximum absolute atomic E-state index is 12.9. The van der Waals surface area contributed by atoms with Gasteiger partial charge in [0.25, 0.3) is 0 Å². The number of hydrogen-bond acceptors (Lipinski definition) is 23. The van der Waals surface area contributed by atoms with Gasteiger partial charge in [0.1, 0.15) is 30.2 Å². The molecule has 1 saturated heterocycles. The van der Waals surface area contributed by atoms with Crippen LogP contribution in [0.5, 0.6) is 0 Å². The number of aromatic nitrogens is 4. The standard InChI is InChI=1S/C48H74N7O18P3S/c1-27(32-12-13-33-31-11-10-29-22-30(56)14-17-47(29,5)34(31)15-18-48(32,33)6)8-7-9-28(2)45(61)77-21-20-50-36(57)16-19-51-43(60)40(59)46(3,4)24-70-76(67,68)73-75(65,66)69-23-35-39(72-74(62,63)64)38(58)44(71-35)55-26-54-37-41(49)52-25-53-42(37)55/h9,22,25-27,31-35,38-40,44,58-59H,7-8,10-21,23-24H2,1-6H3,(H,50,57)(H,51,60)(H,65,66)(H,67,68)(H2,49,52,53)(H2,62,63,64)/p-4/t27-,31+,32-,33+,34+,35-,38-,39-,40+,44-,47+,48-/m1/s1. The Labute approximate surface area is 451 Å². The van der Waals surface area contributed by atoms with E-state index in [1.54, 1.807) is 6.92 Å². The number of phosphoric acid groups is 3.